The van der Waals surface area contributed by atoms with Gasteiger partial charge in [-0.15, -0.1) is 0 Å². The molecular formula is C18H16N2O3. The maximum absolute atomic E-state index is 12.6. The lowest BCUT2D eigenvalue weighted by Gasteiger charge is -2.11. The van der Waals surface area contributed by atoms with Crippen molar-refractivity contribution in [2.75, 3.05) is 5.73 Å². The van der Waals surface area contributed by atoms with E-state index >= 15 is 0 Å². The third-order valence-corrected chi connectivity index (χ3v) is 3.22. The molecule has 2 rings (SSSR count). The van der Waals surface area contributed by atoms with E-state index in [2.05, 4.69) is 11.9 Å². The summed E-state index contributed by atoms with van der Waals surface area (Å²) in [5, 5.41) is 2.18. The number of nitrogens with two attached hydrogens (primary N) is 1. The van der Waals surface area contributed by atoms with Crippen molar-refractivity contribution in [3.63, 3.8) is 0 Å². The second-order valence-electron chi connectivity index (χ2n) is 5.03. The van der Waals surface area contributed by atoms with Crippen LogP contribution in [0.3, 0.4) is 0 Å². The topological polar surface area (TPSA) is 89.3 Å². The van der Waals surface area contributed by atoms with Crippen molar-refractivity contribution in [2.45, 2.75) is 6.92 Å². The van der Waals surface area contributed by atoms with Gasteiger partial charge in [-0.3, -0.25) is 19.7 Å². The molecule has 0 spiro atoms. The van der Waals surface area contributed by atoms with Crippen LogP contribution in [0.15, 0.2) is 60.7 Å². The van der Waals surface area contributed by atoms with Crippen molar-refractivity contribution in [2.24, 2.45) is 0 Å². The van der Waals surface area contributed by atoms with E-state index in [1.165, 1.54) is 19.1 Å². The molecule has 0 unspecified atom stereocenters. The number of benzene rings is 2. The standard InChI is InChI=1S/C18H16N2O3/c1-11(2)17(22)20-18(23)13-9-6-10-14(19)15(13)16(21)12-7-4-3-5-8-12/h3-10H,1,19H2,2H3,(H,20,22,23). The summed E-state index contributed by atoms with van der Waals surface area (Å²) in [6.07, 6.45) is 0. The zero-order valence-electron chi connectivity index (χ0n) is 12.6. The van der Waals surface area contributed by atoms with Gasteiger partial charge in [0.15, 0.2) is 5.78 Å². The first-order valence-electron chi connectivity index (χ1n) is 6.91. The highest BCUT2D eigenvalue weighted by Gasteiger charge is 2.22. The predicted molar refractivity (Wildman–Crippen MR) is 88.0 cm³/mol. The largest absolute Gasteiger partial charge is 0.398 e. The minimum Gasteiger partial charge on any atom is -0.398 e. The van der Waals surface area contributed by atoms with Gasteiger partial charge >= 0.3 is 0 Å². The Morgan fingerprint density at radius 1 is 1.00 bits per heavy atom. The van der Waals surface area contributed by atoms with Gasteiger partial charge in [0.25, 0.3) is 11.8 Å². The van der Waals surface area contributed by atoms with Crippen molar-refractivity contribution in [1.82, 2.24) is 5.32 Å². The zero-order valence-corrected chi connectivity index (χ0v) is 12.6. The molecule has 0 aliphatic heterocycles. The molecule has 0 aromatic heterocycles. The van der Waals surface area contributed by atoms with Gasteiger partial charge in [0.05, 0.1) is 11.1 Å². The molecular weight excluding hydrogens is 292 g/mol. The van der Waals surface area contributed by atoms with Crippen molar-refractivity contribution in [3.05, 3.63) is 77.4 Å². The molecule has 0 radical (unpaired) electrons. The van der Waals surface area contributed by atoms with E-state index in [1.807, 2.05) is 0 Å². The third-order valence-electron chi connectivity index (χ3n) is 3.22. The van der Waals surface area contributed by atoms with Crippen LogP contribution in [-0.2, 0) is 4.79 Å². The van der Waals surface area contributed by atoms with E-state index < -0.39 is 11.8 Å². The number of nitrogen functional groups attached to an aromatic ring is 1. The number of amides is 2. The van der Waals surface area contributed by atoms with Gasteiger partial charge in [-0.25, -0.2) is 0 Å². The highest BCUT2D eigenvalue weighted by Crippen LogP contribution is 2.21. The van der Waals surface area contributed by atoms with Crippen LogP contribution in [0.25, 0.3) is 0 Å². The molecule has 5 heteroatoms. The molecule has 0 aliphatic carbocycles. The van der Waals surface area contributed by atoms with Gasteiger partial charge in [0.2, 0.25) is 0 Å². The number of carbonyl (C=O) groups is 3. The number of imide groups is 1. The molecule has 116 valence electrons. The van der Waals surface area contributed by atoms with Gasteiger partial charge in [0, 0.05) is 16.8 Å². The number of hydrogen-bond donors (Lipinski definition) is 2. The summed E-state index contributed by atoms with van der Waals surface area (Å²) < 4.78 is 0. The van der Waals surface area contributed by atoms with Crippen LogP contribution < -0.4 is 11.1 Å². The Labute approximate surface area is 133 Å². The SMILES string of the molecule is C=C(C)C(=O)NC(=O)c1cccc(N)c1C(=O)c1ccccc1. The van der Waals surface area contributed by atoms with E-state index in [9.17, 15) is 14.4 Å². The molecule has 3 N–H and O–H groups in total. The predicted octanol–water partition coefficient (Wildman–Crippen LogP) is 2.33. The molecule has 0 fully saturated rings. The second-order valence-corrected chi connectivity index (χ2v) is 5.03. The van der Waals surface area contributed by atoms with Crippen LogP contribution in [0, 0.1) is 0 Å². The van der Waals surface area contributed by atoms with E-state index in [4.69, 9.17) is 5.73 Å². The number of rotatable bonds is 4. The lowest BCUT2D eigenvalue weighted by atomic mass is 9.96. The summed E-state index contributed by atoms with van der Waals surface area (Å²) in [5.74, 6) is -1.67. The summed E-state index contributed by atoms with van der Waals surface area (Å²) >= 11 is 0. The number of nitrogens with one attached hydrogen (secondary N) is 1. The Morgan fingerprint density at radius 2 is 1.65 bits per heavy atom. The van der Waals surface area contributed by atoms with Gasteiger partial charge in [-0.05, 0) is 19.1 Å². The second kappa shape index (κ2) is 6.70. The van der Waals surface area contributed by atoms with Gasteiger partial charge < -0.3 is 5.73 Å². The maximum Gasteiger partial charge on any atom is 0.258 e. The fourth-order valence-electron chi connectivity index (χ4n) is 2.02. The molecule has 0 saturated carbocycles. The molecule has 0 aliphatic rings. The minimum atomic E-state index is -0.690. The molecule has 23 heavy (non-hydrogen) atoms. The lowest BCUT2D eigenvalue weighted by molar-refractivity contribution is -0.116. The molecule has 0 bridgehead atoms. The molecule has 0 saturated heterocycles. The van der Waals surface area contributed by atoms with Crippen molar-refractivity contribution in [1.29, 1.82) is 0 Å². The summed E-state index contributed by atoms with van der Waals surface area (Å²) in [4.78, 5) is 36.6. The van der Waals surface area contributed by atoms with Crippen molar-refractivity contribution in [3.8, 4) is 0 Å². The van der Waals surface area contributed by atoms with Crippen LogP contribution in [0.4, 0.5) is 5.69 Å². The monoisotopic (exact) mass is 308 g/mol. The van der Waals surface area contributed by atoms with Crippen LogP contribution in [0.5, 0.6) is 0 Å². The first-order chi connectivity index (χ1) is 10.9. The number of ketones is 1. The van der Waals surface area contributed by atoms with E-state index in [1.54, 1.807) is 36.4 Å². The maximum atomic E-state index is 12.6. The third kappa shape index (κ3) is 3.52. The highest BCUT2D eigenvalue weighted by atomic mass is 16.2. The zero-order chi connectivity index (χ0) is 17.0. The van der Waals surface area contributed by atoms with Crippen LogP contribution in [0.2, 0.25) is 0 Å². The Morgan fingerprint density at radius 3 is 2.26 bits per heavy atom. The summed E-state index contributed by atoms with van der Waals surface area (Å²) in [6.45, 7) is 4.95. The van der Waals surface area contributed by atoms with Gasteiger partial charge in [0.1, 0.15) is 0 Å². The lowest BCUT2D eigenvalue weighted by Crippen LogP contribution is -2.32. The highest BCUT2D eigenvalue weighted by molar-refractivity contribution is 6.20. The average molecular weight is 308 g/mol. The molecule has 2 aromatic carbocycles. The van der Waals surface area contributed by atoms with E-state index in [0.717, 1.165) is 0 Å². The molecule has 2 amide bonds. The number of anilines is 1. The van der Waals surface area contributed by atoms with E-state index in [-0.39, 0.29) is 28.2 Å². The molecule has 2 aromatic rings. The Hall–Kier alpha value is -3.21. The average Bonchev–Trinajstić information content (AvgIpc) is 2.54. The number of hydrogen-bond acceptors (Lipinski definition) is 4. The fraction of sp³-hybridized carbons (Fsp3) is 0.0556. The first kappa shape index (κ1) is 16.2. The quantitative estimate of drug-likeness (QED) is 0.515. The summed E-state index contributed by atoms with van der Waals surface area (Å²) in [6, 6.07) is 13.0. The van der Waals surface area contributed by atoms with Gasteiger partial charge in [-0.2, -0.15) is 0 Å². The van der Waals surface area contributed by atoms with Crippen LogP contribution in [-0.4, -0.2) is 17.6 Å². The van der Waals surface area contributed by atoms with Crippen LogP contribution in [0.1, 0.15) is 33.2 Å². The Kier molecular flexibility index (Phi) is 4.71. The molecule has 0 heterocycles. The molecule has 5 nitrogen and oxygen atoms in total. The normalized spacial score (nSPS) is 9.96. The first-order valence-corrected chi connectivity index (χ1v) is 6.91. The summed E-state index contributed by atoms with van der Waals surface area (Å²) in [7, 11) is 0. The Balaban J connectivity index is 2.45. The molecule has 0 atom stereocenters. The summed E-state index contributed by atoms with van der Waals surface area (Å²) in [5.41, 5.74) is 6.79. The minimum absolute atomic E-state index is 0.0495. The van der Waals surface area contributed by atoms with Crippen LogP contribution >= 0.6 is 0 Å². The van der Waals surface area contributed by atoms with E-state index in [0.29, 0.717) is 5.56 Å². The smallest absolute Gasteiger partial charge is 0.258 e. The van der Waals surface area contributed by atoms with Gasteiger partial charge in [-0.1, -0.05) is 43.0 Å². The Bertz CT molecular complexity index is 795. The number of carbonyl (C=O) groups excluding carboxylic acids is 3. The van der Waals surface area contributed by atoms with Crippen molar-refractivity contribution < 1.29 is 14.4 Å². The fourth-order valence-corrected chi connectivity index (χ4v) is 2.02. The van der Waals surface area contributed by atoms with Crippen molar-refractivity contribution >= 4 is 23.3 Å².